The number of carbonyl (C=O) groups excluding carboxylic acids is 2. The number of hydrogen-bond acceptors (Lipinski definition) is 9. The van der Waals surface area contributed by atoms with E-state index in [1.54, 1.807) is 0 Å². The largest absolute Gasteiger partial charge is 0.487 e. The second-order valence-corrected chi connectivity index (χ2v) is 14.6. The van der Waals surface area contributed by atoms with Gasteiger partial charge in [0.05, 0.1) is 35.5 Å². The highest BCUT2D eigenvalue weighted by molar-refractivity contribution is 6.13. The Hall–Kier alpha value is -5.10. The van der Waals surface area contributed by atoms with Crippen molar-refractivity contribution in [2.45, 2.75) is 50.5 Å². The molecule has 5 fully saturated rings. The Morgan fingerprint density at radius 1 is 0.980 bits per heavy atom. The second-order valence-electron chi connectivity index (χ2n) is 14.6. The number of likely N-dealkylation sites (N-methyl/N-ethyl adjacent to an activating group) is 1. The first-order valence-corrected chi connectivity index (χ1v) is 17.1. The Morgan fingerprint density at radius 2 is 1.84 bits per heavy atom. The van der Waals surface area contributed by atoms with Crippen molar-refractivity contribution in [3.63, 3.8) is 0 Å². The molecule has 10 rings (SSSR count). The number of aryl methyl sites for hydroxylation is 1. The number of amides is 3. The number of aromatic nitrogens is 5. The van der Waals surface area contributed by atoms with E-state index in [4.69, 9.17) is 24.4 Å². The molecule has 0 N–H and O–H groups in total. The number of urea groups is 1. The Balaban J connectivity index is 0.950. The lowest BCUT2D eigenvalue weighted by Crippen LogP contribution is -2.66. The van der Waals surface area contributed by atoms with Crippen LogP contribution in [-0.4, -0.2) is 81.1 Å². The van der Waals surface area contributed by atoms with Crippen LogP contribution in [0.25, 0.3) is 16.6 Å². The second kappa shape index (κ2) is 10.4. The van der Waals surface area contributed by atoms with Crippen LogP contribution in [0.15, 0.2) is 55.0 Å². The van der Waals surface area contributed by atoms with E-state index in [1.165, 1.54) is 22.5 Å². The van der Waals surface area contributed by atoms with Crippen molar-refractivity contribution in [1.82, 2.24) is 29.2 Å². The third-order valence-corrected chi connectivity index (χ3v) is 10.8. The minimum absolute atomic E-state index is 0.0116. The van der Waals surface area contributed by atoms with Crippen molar-refractivity contribution in [1.29, 1.82) is 0 Å². The quantitative estimate of drug-likeness (QED) is 0.214. The maximum atomic E-state index is 12.9. The zero-order chi connectivity index (χ0) is 33.0. The Morgan fingerprint density at radius 3 is 2.57 bits per heavy atom. The molecule has 7 heterocycles. The molecule has 3 amide bonds. The maximum Gasteiger partial charge on any atom is 0.331 e. The zero-order valence-electron chi connectivity index (χ0n) is 27.5. The molecule has 0 unspecified atom stereocenters. The minimum Gasteiger partial charge on any atom is -0.487 e. The van der Waals surface area contributed by atoms with Crippen molar-refractivity contribution in [2.24, 2.45) is 5.41 Å². The molecule has 3 saturated heterocycles. The summed E-state index contributed by atoms with van der Waals surface area (Å²) in [5.74, 6) is 2.40. The number of nitrogens with zero attached hydrogens (tertiary/aromatic N) is 8. The van der Waals surface area contributed by atoms with E-state index in [1.807, 2.05) is 48.0 Å². The van der Waals surface area contributed by atoms with Crippen molar-refractivity contribution >= 4 is 39.9 Å². The van der Waals surface area contributed by atoms with Crippen LogP contribution in [0, 0.1) is 12.3 Å². The number of ether oxygens (including phenoxy) is 2. The average Bonchev–Trinajstić information content (AvgIpc) is 3.99. The number of imide groups is 1. The summed E-state index contributed by atoms with van der Waals surface area (Å²) in [5.41, 5.74) is 7.63. The fourth-order valence-electron chi connectivity index (χ4n) is 7.72. The normalized spacial score (nSPS) is 22.7. The topological polar surface area (TPSA) is 118 Å². The molecule has 3 aliphatic heterocycles. The lowest BCUT2D eigenvalue weighted by atomic mass is 9.77. The number of benzene rings is 1. The number of rotatable bonds is 8. The molecular weight excluding hydrogens is 620 g/mol. The van der Waals surface area contributed by atoms with Crippen LogP contribution < -0.4 is 14.5 Å². The molecule has 5 aliphatic rings. The molecule has 5 aromatic rings. The summed E-state index contributed by atoms with van der Waals surface area (Å²) in [6.07, 6.45) is 9.12. The van der Waals surface area contributed by atoms with Gasteiger partial charge in [-0.3, -0.25) is 19.6 Å². The zero-order valence-corrected chi connectivity index (χ0v) is 27.5. The molecule has 248 valence electrons. The van der Waals surface area contributed by atoms with E-state index in [2.05, 4.69) is 28.2 Å². The Kier molecular flexibility index (Phi) is 6.16. The molecule has 2 saturated carbocycles. The smallest absolute Gasteiger partial charge is 0.331 e. The van der Waals surface area contributed by atoms with Crippen LogP contribution in [0.5, 0.6) is 5.75 Å². The Bertz CT molecular complexity index is 2200. The SMILES string of the molecule is Cc1ccnc([C@H]2C[C@@H]2c2cc(N3CC4(COC4)C3)c3ccc(OCc4cn5cc(C6CC6)cc(N6CC(=O)N(C)C6=O)c5n4)cc3n2)n1. The molecular formula is C37H36N8O4. The number of carbonyl (C=O) groups is 2. The van der Waals surface area contributed by atoms with Crippen LogP contribution in [-0.2, 0) is 16.1 Å². The molecule has 2 atom stereocenters. The third kappa shape index (κ3) is 4.83. The summed E-state index contributed by atoms with van der Waals surface area (Å²) in [7, 11) is 1.52. The van der Waals surface area contributed by atoms with Crippen LogP contribution in [0.3, 0.4) is 0 Å². The van der Waals surface area contributed by atoms with Crippen LogP contribution in [0.2, 0.25) is 0 Å². The van der Waals surface area contributed by atoms with E-state index in [0.717, 1.165) is 84.9 Å². The molecule has 12 heteroatoms. The maximum absolute atomic E-state index is 12.9. The number of imidazole rings is 1. The third-order valence-electron chi connectivity index (χ3n) is 10.8. The van der Waals surface area contributed by atoms with Crippen LogP contribution in [0.4, 0.5) is 16.2 Å². The lowest BCUT2D eigenvalue weighted by molar-refractivity contribution is -0.126. The summed E-state index contributed by atoms with van der Waals surface area (Å²) in [4.78, 5) is 49.8. The Labute approximate surface area is 282 Å². The first kappa shape index (κ1) is 28.9. The van der Waals surface area contributed by atoms with E-state index in [0.29, 0.717) is 23.0 Å². The van der Waals surface area contributed by atoms with Gasteiger partial charge >= 0.3 is 6.03 Å². The first-order chi connectivity index (χ1) is 23.8. The van der Waals surface area contributed by atoms with E-state index in [-0.39, 0.29) is 42.3 Å². The molecule has 4 aromatic heterocycles. The molecule has 1 aromatic carbocycles. The predicted molar refractivity (Wildman–Crippen MR) is 181 cm³/mol. The molecule has 2 aliphatic carbocycles. The predicted octanol–water partition coefficient (Wildman–Crippen LogP) is 4.94. The van der Waals surface area contributed by atoms with Crippen LogP contribution in [0.1, 0.15) is 65.5 Å². The summed E-state index contributed by atoms with van der Waals surface area (Å²) in [6.45, 7) is 5.92. The van der Waals surface area contributed by atoms with E-state index >= 15 is 0 Å². The van der Waals surface area contributed by atoms with Gasteiger partial charge in [-0.25, -0.2) is 19.7 Å². The lowest BCUT2D eigenvalue weighted by Gasteiger charge is -2.56. The van der Waals surface area contributed by atoms with Gasteiger partial charge in [0.1, 0.15) is 24.7 Å². The number of fused-ring (bicyclic) bond motifs is 2. The molecule has 1 spiro atoms. The highest BCUT2D eigenvalue weighted by atomic mass is 16.5. The molecule has 49 heavy (non-hydrogen) atoms. The molecule has 0 radical (unpaired) electrons. The number of anilines is 2. The highest BCUT2D eigenvalue weighted by Crippen LogP contribution is 2.54. The summed E-state index contributed by atoms with van der Waals surface area (Å²) in [5, 5.41) is 1.11. The summed E-state index contributed by atoms with van der Waals surface area (Å²) in [6, 6.07) is 12.0. The van der Waals surface area contributed by atoms with Crippen molar-refractivity contribution in [3.05, 3.63) is 83.5 Å². The fourth-order valence-corrected chi connectivity index (χ4v) is 7.72. The van der Waals surface area contributed by atoms with Gasteiger partial charge in [-0.2, -0.15) is 0 Å². The molecule has 0 bridgehead atoms. The van der Waals surface area contributed by atoms with E-state index < -0.39 is 0 Å². The monoisotopic (exact) mass is 656 g/mol. The van der Waals surface area contributed by atoms with Gasteiger partial charge in [-0.05, 0) is 68.0 Å². The molecule has 12 nitrogen and oxygen atoms in total. The van der Waals surface area contributed by atoms with Gasteiger partial charge in [-0.1, -0.05) is 0 Å². The summed E-state index contributed by atoms with van der Waals surface area (Å²) < 4.78 is 13.9. The number of hydrogen-bond donors (Lipinski definition) is 0. The van der Waals surface area contributed by atoms with Gasteiger partial charge in [0.15, 0.2) is 5.65 Å². The van der Waals surface area contributed by atoms with Gasteiger partial charge in [-0.15, -0.1) is 0 Å². The van der Waals surface area contributed by atoms with Gasteiger partial charge in [0, 0.05) is 79.1 Å². The first-order valence-electron chi connectivity index (χ1n) is 17.1. The van der Waals surface area contributed by atoms with Crippen molar-refractivity contribution in [2.75, 3.05) is 49.7 Å². The standard InChI is InChI=1S/C37H36N8O4/c1-21-7-8-38-34(39-21)28-11-27(28)30-12-31(44-17-37(18-44)19-48-20-37)26-6-5-25(10-29(26)41-30)49-16-24-14-43-13-23(22-3-4-22)9-32(35(43)40-24)45-15-33(46)42(2)36(45)47/h5-10,12-14,22,27-28H,3-4,11,15-20H2,1-2H3/t27-,28-/m0/s1. The minimum atomic E-state index is -0.332. The highest BCUT2D eigenvalue weighted by Gasteiger charge is 2.50. The van der Waals surface area contributed by atoms with Crippen molar-refractivity contribution < 1.29 is 19.1 Å². The average molecular weight is 657 g/mol. The van der Waals surface area contributed by atoms with Gasteiger partial charge in [0.2, 0.25) is 5.91 Å². The summed E-state index contributed by atoms with van der Waals surface area (Å²) >= 11 is 0. The van der Waals surface area contributed by atoms with Crippen LogP contribution >= 0.6 is 0 Å². The van der Waals surface area contributed by atoms with Crippen molar-refractivity contribution in [3.8, 4) is 5.75 Å². The fraction of sp³-hybridized carbons (Fsp3) is 0.405. The van der Waals surface area contributed by atoms with E-state index in [9.17, 15) is 9.59 Å². The van der Waals surface area contributed by atoms with Gasteiger partial charge in [0.25, 0.3) is 0 Å². The van der Waals surface area contributed by atoms with Gasteiger partial charge < -0.3 is 18.8 Å². The number of pyridine rings is 2.